The van der Waals surface area contributed by atoms with Gasteiger partial charge in [-0.05, 0) is 29.5 Å². The van der Waals surface area contributed by atoms with Gasteiger partial charge in [-0.15, -0.1) is 34.2 Å². The molecule has 2 N–H and O–H groups in total. The van der Waals surface area contributed by atoms with Gasteiger partial charge >= 0.3 is 0 Å². The first kappa shape index (κ1) is 22.7. The molecule has 6 nitrogen and oxygen atoms in total. The smallest absolute Gasteiger partial charge is 0.191 e. The third-order valence-corrected chi connectivity index (χ3v) is 4.39. The second-order valence-corrected chi connectivity index (χ2v) is 6.36. The van der Waals surface area contributed by atoms with Crippen molar-refractivity contribution in [2.24, 2.45) is 4.99 Å². The highest BCUT2D eigenvalue weighted by Gasteiger charge is 2.06. The van der Waals surface area contributed by atoms with Crippen LogP contribution in [0, 0.1) is 5.82 Å². The minimum atomic E-state index is -0.198. The Bertz CT molecular complexity index is 706. The number of halogens is 2. The molecule has 0 amide bonds. The first-order valence-corrected chi connectivity index (χ1v) is 9.64. The quantitative estimate of drug-likeness (QED) is 0.337. The van der Waals surface area contributed by atoms with Crippen LogP contribution < -0.4 is 10.6 Å². The van der Waals surface area contributed by atoms with Gasteiger partial charge in [0.15, 0.2) is 5.96 Å². The predicted octanol–water partition coefficient (Wildman–Crippen LogP) is 2.83. The van der Waals surface area contributed by atoms with E-state index in [4.69, 9.17) is 0 Å². The maximum atomic E-state index is 13.4. The molecule has 0 radical (unpaired) electrons. The Morgan fingerprint density at radius 2 is 2.12 bits per heavy atom. The van der Waals surface area contributed by atoms with Crippen molar-refractivity contribution in [1.29, 1.82) is 0 Å². The van der Waals surface area contributed by atoms with Gasteiger partial charge in [-0.1, -0.05) is 13.0 Å². The van der Waals surface area contributed by atoms with Crippen molar-refractivity contribution in [3.05, 3.63) is 47.3 Å². The van der Waals surface area contributed by atoms with Crippen LogP contribution >= 0.6 is 35.7 Å². The summed E-state index contributed by atoms with van der Waals surface area (Å²) >= 11 is 1.68. The van der Waals surface area contributed by atoms with E-state index in [1.807, 2.05) is 16.9 Å². The molecule has 26 heavy (non-hydrogen) atoms. The number of nitrogens with one attached hydrogen (secondary N) is 2. The van der Waals surface area contributed by atoms with E-state index in [2.05, 4.69) is 32.7 Å². The Morgan fingerprint density at radius 3 is 2.81 bits per heavy atom. The second-order valence-electron chi connectivity index (χ2n) is 5.49. The van der Waals surface area contributed by atoms with Gasteiger partial charge in [0.05, 0.1) is 0 Å². The average Bonchev–Trinajstić information content (AvgIpc) is 3.07. The van der Waals surface area contributed by atoms with Crippen molar-refractivity contribution in [1.82, 2.24) is 25.4 Å². The molecule has 1 aromatic heterocycles. The Kier molecular flexibility index (Phi) is 10.6. The largest absolute Gasteiger partial charge is 0.355 e. The molecule has 2 rings (SSSR count). The third-order valence-electron chi connectivity index (χ3n) is 3.80. The lowest BCUT2D eigenvalue weighted by Crippen LogP contribution is -2.38. The van der Waals surface area contributed by atoms with Crippen molar-refractivity contribution in [2.45, 2.75) is 32.2 Å². The number of aryl methyl sites for hydroxylation is 1. The minimum absolute atomic E-state index is 0. The lowest BCUT2D eigenvalue weighted by atomic mass is 10.1. The monoisotopic (exact) mass is 492 g/mol. The number of hydrogen-bond donors (Lipinski definition) is 2. The summed E-state index contributed by atoms with van der Waals surface area (Å²) in [5, 5.41) is 14.6. The Labute approximate surface area is 175 Å². The Morgan fingerprint density at radius 1 is 1.31 bits per heavy atom. The molecule has 0 unspecified atom stereocenters. The van der Waals surface area contributed by atoms with Gasteiger partial charge in [-0.3, -0.25) is 4.99 Å². The van der Waals surface area contributed by atoms with Gasteiger partial charge in [0.2, 0.25) is 0 Å². The highest BCUT2D eigenvalue weighted by atomic mass is 127. The lowest BCUT2D eigenvalue weighted by Gasteiger charge is -2.14. The van der Waals surface area contributed by atoms with Crippen LogP contribution in [0.1, 0.15) is 23.9 Å². The summed E-state index contributed by atoms with van der Waals surface area (Å²) in [5.74, 6) is 2.27. The number of hydrogen-bond acceptors (Lipinski definition) is 4. The topological polar surface area (TPSA) is 67.1 Å². The van der Waals surface area contributed by atoms with Crippen LogP contribution in [-0.2, 0) is 25.3 Å². The highest BCUT2D eigenvalue weighted by molar-refractivity contribution is 14.0. The van der Waals surface area contributed by atoms with Crippen LogP contribution in [0.3, 0.4) is 0 Å². The molecule has 144 valence electrons. The summed E-state index contributed by atoms with van der Waals surface area (Å²) in [6.45, 7) is 4.14. The van der Waals surface area contributed by atoms with Gasteiger partial charge in [-0.2, -0.15) is 11.8 Å². The molecule has 0 bridgehead atoms. The van der Waals surface area contributed by atoms with Gasteiger partial charge in [0.25, 0.3) is 0 Å². The van der Waals surface area contributed by atoms with E-state index >= 15 is 0 Å². The highest BCUT2D eigenvalue weighted by Crippen LogP contribution is 2.16. The number of thioether (sulfide) groups is 1. The molecular weight excluding hydrogens is 466 g/mol. The fourth-order valence-electron chi connectivity index (χ4n) is 2.49. The molecule has 0 saturated carbocycles. The SMILES string of the molecule is CCc1nncn1CCNC(=NC)NCc1ccc(F)cc1CSC.I. The van der Waals surface area contributed by atoms with Gasteiger partial charge < -0.3 is 15.2 Å². The van der Waals surface area contributed by atoms with Crippen LogP contribution in [0.2, 0.25) is 0 Å². The predicted molar refractivity (Wildman–Crippen MR) is 117 cm³/mol. The molecule has 1 heterocycles. The molecular formula is C17H26FIN6S. The third kappa shape index (κ3) is 6.75. The van der Waals surface area contributed by atoms with E-state index < -0.39 is 0 Å². The first-order valence-electron chi connectivity index (χ1n) is 8.25. The molecule has 0 spiro atoms. The summed E-state index contributed by atoms with van der Waals surface area (Å²) in [6.07, 6.45) is 4.61. The second kappa shape index (κ2) is 12.1. The zero-order chi connectivity index (χ0) is 18.1. The normalized spacial score (nSPS) is 11.2. The summed E-state index contributed by atoms with van der Waals surface area (Å²) in [6, 6.07) is 4.92. The van der Waals surface area contributed by atoms with Crippen LogP contribution in [0.25, 0.3) is 0 Å². The van der Waals surface area contributed by atoms with E-state index in [-0.39, 0.29) is 29.8 Å². The first-order chi connectivity index (χ1) is 12.2. The fraction of sp³-hybridized carbons (Fsp3) is 0.471. The Balaban J connectivity index is 0.00000338. The van der Waals surface area contributed by atoms with E-state index in [1.165, 1.54) is 6.07 Å². The number of benzene rings is 1. The van der Waals surface area contributed by atoms with Crippen molar-refractivity contribution >= 4 is 41.7 Å². The number of aromatic nitrogens is 3. The van der Waals surface area contributed by atoms with Crippen molar-refractivity contribution in [2.75, 3.05) is 19.8 Å². The summed E-state index contributed by atoms with van der Waals surface area (Å²) in [5.41, 5.74) is 2.08. The molecule has 9 heteroatoms. The van der Waals surface area contributed by atoms with Gasteiger partial charge in [0, 0.05) is 38.9 Å². The van der Waals surface area contributed by atoms with E-state index in [0.717, 1.165) is 35.7 Å². The van der Waals surface area contributed by atoms with Crippen LogP contribution in [0.15, 0.2) is 29.5 Å². The molecule has 1 aromatic carbocycles. The van der Waals surface area contributed by atoms with Crippen molar-refractivity contribution in [3.8, 4) is 0 Å². The molecule has 0 aliphatic heterocycles. The van der Waals surface area contributed by atoms with E-state index in [1.54, 1.807) is 31.2 Å². The number of rotatable bonds is 8. The number of guanidine groups is 1. The lowest BCUT2D eigenvalue weighted by molar-refractivity contribution is 0.624. The number of nitrogens with zero attached hydrogens (tertiary/aromatic N) is 4. The molecule has 0 aliphatic carbocycles. The summed E-state index contributed by atoms with van der Waals surface area (Å²) < 4.78 is 15.4. The van der Waals surface area contributed by atoms with E-state index in [0.29, 0.717) is 19.0 Å². The average molecular weight is 492 g/mol. The zero-order valence-corrected chi connectivity index (χ0v) is 18.5. The van der Waals surface area contributed by atoms with E-state index in [9.17, 15) is 4.39 Å². The standard InChI is InChI=1S/C17H25FN6S.HI/c1-4-16-23-22-12-24(16)8-7-20-17(19-2)21-10-13-5-6-15(18)9-14(13)11-25-3;/h5-6,9,12H,4,7-8,10-11H2,1-3H3,(H2,19,20,21);1H. The van der Waals surface area contributed by atoms with Crippen molar-refractivity contribution in [3.63, 3.8) is 0 Å². The van der Waals surface area contributed by atoms with Gasteiger partial charge in [0.1, 0.15) is 18.0 Å². The maximum absolute atomic E-state index is 13.4. The van der Waals surface area contributed by atoms with Crippen LogP contribution in [0.4, 0.5) is 4.39 Å². The minimum Gasteiger partial charge on any atom is -0.355 e. The molecule has 0 fully saturated rings. The maximum Gasteiger partial charge on any atom is 0.191 e. The summed E-state index contributed by atoms with van der Waals surface area (Å²) in [4.78, 5) is 4.23. The molecule has 0 atom stereocenters. The van der Waals surface area contributed by atoms with Crippen LogP contribution in [-0.4, -0.2) is 40.6 Å². The summed E-state index contributed by atoms with van der Waals surface area (Å²) in [7, 11) is 1.74. The molecule has 0 aliphatic rings. The van der Waals surface area contributed by atoms with Crippen molar-refractivity contribution < 1.29 is 4.39 Å². The fourth-order valence-corrected chi connectivity index (χ4v) is 3.07. The molecule has 0 saturated heterocycles. The van der Waals surface area contributed by atoms with Gasteiger partial charge in [-0.25, -0.2) is 4.39 Å². The Hall–Kier alpha value is -1.36. The number of aliphatic imine (C=N–C) groups is 1. The molecule has 2 aromatic rings. The zero-order valence-electron chi connectivity index (χ0n) is 15.3. The van der Waals surface area contributed by atoms with Crippen LogP contribution in [0.5, 0.6) is 0 Å².